The molecule has 0 amide bonds. The van der Waals surface area contributed by atoms with E-state index in [-0.39, 0.29) is 18.2 Å². The van der Waals surface area contributed by atoms with Gasteiger partial charge in [-0.2, -0.15) is 13.4 Å². The predicted octanol–water partition coefficient (Wildman–Crippen LogP) is 1.69. The van der Waals surface area contributed by atoms with Gasteiger partial charge in [-0.3, -0.25) is 4.55 Å². The van der Waals surface area contributed by atoms with Gasteiger partial charge in [0.05, 0.1) is 6.54 Å². The lowest BCUT2D eigenvalue weighted by Crippen LogP contribution is -2.13. The highest BCUT2D eigenvalue weighted by molar-refractivity contribution is 7.85. The summed E-state index contributed by atoms with van der Waals surface area (Å²) in [7, 11) is -4.45. The summed E-state index contributed by atoms with van der Waals surface area (Å²) >= 11 is 5.84. The molecule has 1 heterocycles. The fourth-order valence-corrected chi connectivity index (χ4v) is 2.14. The van der Waals surface area contributed by atoms with Crippen LogP contribution in [0.2, 0.25) is 5.02 Å². The number of anilines is 1. The Morgan fingerprint density at radius 3 is 2.70 bits per heavy atom. The fourth-order valence-electron chi connectivity index (χ4n) is 1.48. The Hall–Kier alpha value is -1.77. The Morgan fingerprint density at radius 1 is 1.30 bits per heavy atom. The molecule has 0 aliphatic carbocycles. The van der Waals surface area contributed by atoms with Crippen LogP contribution in [0.4, 0.5) is 5.69 Å². The van der Waals surface area contributed by atoms with E-state index in [9.17, 15) is 8.42 Å². The van der Waals surface area contributed by atoms with Crippen molar-refractivity contribution in [1.29, 1.82) is 0 Å². The first-order valence-corrected chi connectivity index (χ1v) is 7.35. The van der Waals surface area contributed by atoms with Crippen molar-refractivity contribution in [2.24, 2.45) is 0 Å². The molecule has 0 saturated carbocycles. The van der Waals surface area contributed by atoms with Crippen molar-refractivity contribution in [1.82, 2.24) is 15.0 Å². The Kier molecular flexibility index (Phi) is 4.17. The Morgan fingerprint density at radius 2 is 2.05 bits per heavy atom. The second-order valence-corrected chi connectivity index (χ2v) is 5.67. The Balaban J connectivity index is 2.20. The van der Waals surface area contributed by atoms with Crippen LogP contribution in [0.3, 0.4) is 0 Å². The van der Waals surface area contributed by atoms with Gasteiger partial charge in [0.25, 0.3) is 5.16 Å². The molecule has 0 bridgehead atoms. The summed E-state index contributed by atoms with van der Waals surface area (Å²) in [5.41, 5.74) is 0.740. The molecule has 9 heteroatoms. The molecule has 0 spiro atoms. The van der Waals surface area contributed by atoms with E-state index >= 15 is 0 Å². The lowest BCUT2D eigenvalue weighted by molar-refractivity contribution is 0.471. The number of benzene rings is 1. The van der Waals surface area contributed by atoms with Crippen molar-refractivity contribution < 1.29 is 13.0 Å². The molecule has 1 aromatic carbocycles. The van der Waals surface area contributed by atoms with Crippen LogP contribution in [0.1, 0.15) is 11.6 Å². The number of hydrogen-bond acceptors (Lipinski definition) is 6. The molecule has 1 aromatic heterocycles. The smallest absolute Gasteiger partial charge is 0.330 e. The Bertz CT molecular complexity index is 736. The molecular weight excluding hydrogens is 304 g/mol. The zero-order chi connectivity index (χ0) is 14.8. The molecular formula is C11H11ClN4O3S. The van der Waals surface area contributed by atoms with E-state index in [1.807, 2.05) is 0 Å². The minimum absolute atomic E-state index is 0.173. The summed E-state index contributed by atoms with van der Waals surface area (Å²) in [4.78, 5) is 11.2. The maximum Gasteiger partial charge on any atom is 0.330 e. The number of halogens is 1. The van der Waals surface area contributed by atoms with E-state index in [2.05, 4.69) is 20.3 Å². The summed E-state index contributed by atoms with van der Waals surface area (Å²) in [5.74, 6) is 0.403. The van der Waals surface area contributed by atoms with Gasteiger partial charge in [-0.25, -0.2) is 9.97 Å². The average Bonchev–Trinajstić information content (AvgIpc) is 2.35. The molecule has 0 atom stereocenters. The minimum atomic E-state index is -4.45. The molecule has 0 aliphatic heterocycles. The summed E-state index contributed by atoms with van der Waals surface area (Å²) < 4.78 is 31.0. The molecule has 0 radical (unpaired) electrons. The average molecular weight is 315 g/mol. The van der Waals surface area contributed by atoms with E-state index in [1.54, 1.807) is 24.3 Å². The zero-order valence-corrected chi connectivity index (χ0v) is 12.0. The van der Waals surface area contributed by atoms with Crippen LogP contribution in [0.5, 0.6) is 0 Å². The van der Waals surface area contributed by atoms with Crippen molar-refractivity contribution >= 4 is 27.4 Å². The second-order valence-electron chi connectivity index (χ2n) is 3.92. The Labute approximate surface area is 120 Å². The topological polar surface area (TPSA) is 105 Å². The number of aryl methyl sites for hydroxylation is 1. The number of aromatic nitrogens is 3. The molecule has 20 heavy (non-hydrogen) atoms. The largest absolute Gasteiger partial charge is 0.378 e. The van der Waals surface area contributed by atoms with Gasteiger partial charge in [0.15, 0.2) is 5.82 Å². The van der Waals surface area contributed by atoms with Crippen LogP contribution in [0, 0.1) is 6.92 Å². The normalized spacial score (nSPS) is 11.3. The minimum Gasteiger partial charge on any atom is -0.378 e. The summed E-state index contributed by atoms with van der Waals surface area (Å²) in [6.07, 6.45) is 0. The molecule has 2 N–H and O–H groups in total. The predicted molar refractivity (Wildman–Crippen MR) is 73.2 cm³/mol. The van der Waals surface area contributed by atoms with Gasteiger partial charge in [0.2, 0.25) is 0 Å². The highest BCUT2D eigenvalue weighted by Gasteiger charge is 2.16. The van der Waals surface area contributed by atoms with Crippen molar-refractivity contribution in [3.63, 3.8) is 0 Å². The van der Waals surface area contributed by atoms with Crippen molar-refractivity contribution in [3.8, 4) is 0 Å². The molecule has 0 saturated heterocycles. The molecule has 0 fully saturated rings. The third-order valence-electron chi connectivity index (χ3n) is 2.28. The number of rotatable bonds is 4. The first-order valence-electron chi connectivity index (χ1n) is 5.53. The summed E-state index contributed by atoms with van der Waals surface area (Å²) in [6, 6.07) is 7.01. The van der Waals surface area contributed by atoms with Gasteiger partial charge in [-0.15, -0.1) is 0 Å². The molecule has 2 rings (SSSR count). The van der Waals surface area contributed by atoms with Gasteiger partial charge in [0.1, 0.15) is 5.82 Å². The van der Waals surface area contributed by atoms with Gasteiger partial charge < -0.3 is 5.32 Å². The van der Waals surface area contributed by atoms with Crippen LogP contribution in [-0.2, 0) is 16.7 Å². The summed E-state index contributed by atoms with van der Waals surface area (Å²) in [6.45, 7) is 1.69. The molecule has 0 aliphatic rings. The maximum absolute atomic E-state index is 11.0. The number of nitrogens with one attached hydrogen (secondary N) is 1. The lowest BCUT2D eigenvalue weighted by atomic mass is 10.3. The van der Waals surface area contributed by atoms with Gasteiger partial charge in [-0.1, -0.05) is 17.7 Å². The third kappa shape index (κ3) is 3.86. The number of nitrogens with zero attached hydrogens (tertiary/aromatic N) is 3. The van der Waals surface area contributed by atoms with E-state index in [0.29, 0.717) is 5.02 Å². The monoisotopic (exact) mass is 314 g/mol. The van der Waals surface area contributed by atoms with Gasteiger partial charge >= 0.3 is 10.1 Å². The van der Waals surface area contributed by atoms with E-state index in [4.69, 9.17) is 16.2 Å². The van der Waals surface area contributed by atoms with Gasteiger partial charge in [0, 0.05) is 10.7 Å². The van der Waals surface area contributed by atoms with Crippen LogP contribution in [0.15, 0.2) is 29.4 Å². The lowest BCUT2D eigenvalue weighted by Gasteiger charge is -2.07. The summed E-state index contributed by atoms with van der Waals surface area (Å²) in [5, 5.41) is 2.90. The first kappa shape index (κ1) is 14.6. The van der Waals surface area contributed by atoms with Crippen LogP contribution in [-0.4, -0.2) is 27.9 Å². The fraction of sp³-hybridized carbons (Fsp3) is 0.182. The van der Waals surface area contributed by atoms with Crippen molar-refractivity contribution in [3.05, 3.63) is 40.9 Å². The van der Waals surface area contributed by atoms with Crippen molar-refractivity contribution in [2.75, 3.05) is 5.32 Å². The highest BCUT2D eigenvalue weighted by atomic mass is 35.5. The standard InChI is InChI=1S/C11H11ClN4O3S/c1-7-14-10(16-11(15-7)20(17,18)19)6-13-9-4-2-3-8(12)5-9/h2-5,13H,6H2,1H3,(H,17,18,19). The van der Waals surface area contributed by atoms with Gasteiger partial charge in [-0.05, 0) is 25.1 Å². The first-order chi connectivity index (χ1) is 9.34. The molecule has 0 unspecified atom stereocenters. The van der Waals surface area contributed by atoms with Crippen LogP contribution >= 0.6 is 11.6 Å². The quantitative estimate of drug-likeness (QED) is 0.827. The second kappa shape index (κ2) is 5.70. The number of hydrogen-bond donors (Lipinski definition) is 2. The molecule has 2 aromatic rings. The van der Waals surface area contributed by atoms with Crippen LogP contribution < -0.4 is 5.32 Å². The molecule has 106 valence electrons. The SMILES string of the molecule is Cc1nc(CNc2cccc(Cl)c2)nc(S(=O)(=O)O)n1. The highest BCUT2D eigenvalue weighted by Crippen LogP contribution is 2.15. The van der Waals surface area contributed by atoms with E-state index in [1.165, 1.54) is 6.92 Å². The van der Waals surface area contributed by atoms with E-state index in [0.717, 1.165) is 5.69 Å². The van der Waals surface area contributed by atoms with Crippen LogP contribution in [0.25, 0.3) is 0 Å². The zero-order valence-electron chi connectivity index (χ0n) is 10.4. The van der Waals surface area contributed by atoms with E-state index < -0.39 is 15.3 Å². The maximum atomic E-state index is 11.0. The molecule has 7 nitrogen and oxygen atoms in total. The van der Waals surface area contributed by atoms with Crippen molar-refractivity contribution in [2.45, 2.75) is 18.6 Å². The third-order valence-corrected chi connectivity index (χ3v) is 3.16.